The third-order valence-corrected chi connectivity index (χ3v) is 2.27. The Hall–Kier alpha value is -2.20. The number of nitrogens with zero attached hydrogens (tertiary/aromatic N) is 3. The number of rotatable bonds is 5. The van der Waals surface area contributed by atoms with Gasteiger partial charge < -0.3 is 10.4 Å². The van der Waals surface area contributed by atoms with E-state index >= 15 is 0 Å². The topological polar surface area (TPSA) is 112 Å². The Kier molecular flexibility index (Phi) is 4.57. The van der Waals surface area contributed by atoms with Crippen molar-refractivity contribution in [2.45, 2.75) is 32.4 Å². The predicted octanol–water partition coefficient (Wildman–Crippen LogP) is 1.43. The van der Waals surface area contributed by atoms with Crippen LogP contribution in [0.2, 0.25) is 0 Å². The third kappa shape index (κ3) is 3.68. The molecule has 7 nitrogen and oxygen atoms in total. The molecule has 0 bridgehead atoms. The van der Waals surface area contributed by atoms with Crippen LogP contribution in [0.1, 0.15) is 25.8 Å². The number of hydrogen-bond acceptors (Lipinski definition) is 6. The van der Waals surface area contributed by atoms with Crippen LogP contribution in [0.25, 0.3) is 0 Å². The first-order chi connectivity index (χ1) is 8.43. The molecule has 18 heavy (non-hydrogen) atoms. The second-order valence-corrected chi connectivity index (χ2v) is 4.09. The molecule has 2 N–H and O–H groups in total. The van der Waals surface area contributed by atoms with Crippen LogP contribution in [0, 0.1) is 21.4 Å². The van der Waals surface area contributed by atoms with Gasteiger partial charge in [-0.1, -0.05) is 0 Å². The maximum atomic E-state index is 10.9. The number of pyridine rings is 1. The van der Waals surface area contributed by atoms with Crippen molar-refractivity contribution in [1.82, 2.24) is 4.98 Å². The molecule has 1 heterocycles. The van der Waals surface area contributed by atoms with Gasteiger partial charge >= 0.3 is 5.69 Å². The van der Waals surface area contributed by atoms with Gasteiger partial charge in [-0.2, -0.15) is 5.26 Å². The molecule has 0 aliphatic carbocycles. The molecular formula is C11H14N4O3. The minimum Gasteiger partial charge on any atom is -0.393 e. The molecule has 0 amide bonds. The standard InChI is InChI=1S/C11H14N4O3/c1-7(3-8(2)16)14-11-10(15(17)18)4-9(5-12)6-13-11/h4,6-8,16H,3H2,1-2H3,(H,13,14). The fourth-order valence-electron chi connectivity index (χ4n) is 1.57. The van der Waals surface area contributed by atoms with Crippen molar-refractivity contribution in [2.24, 2.45) is 0 Å². The predicted molar refractivity (Wildman–Crippen MR) is 65.0 cm³/mol. The van der Waals surface area contributed by atoms with Crippen LogP contribution < -0.4 is 5.32 Å². The Morgan fingerprint density at radius 2 is 2.33 bits per heavy atom. The molecule has 0 aromatic carbocycles. The summed E-state index contributed by atoms with van der Waals surface area (Å²) in [4.78, 5) is 14.1. The van der Waals surface area contributed by atoms with E-state index in [2.05, 4.69) is 10.3 Å². The van der Waals surface area contributed by atoms with Crippen molar-refractivity contribution in [2.75, 3.05) is 5.32 Å². The van der Waals surface area contributed by atoms with Gasteiger partial charge in [-0.25, -0.2) is 4.98 Å². The van der Waals surface area contributed by atoms with E-state index in [4.69, 9.17) is 5.26 Å². The quantitative estimate of drug-likeness (QED) is 0.603. The number of aliphatic hydroxyl groups is 1. The van der Waals surface area contributed by atoms with Gasteiger partial charge in [0.25, 0.3) is 0 Å². The van der Waals surface area contributed by atoms with Crippen LogP contribution in [0.4, 0.5) is 11.5 Å². The summed E-state index contributed by atoms with van der Waals surface area (Å²) >= 11 is 0. The summed E-state index contributed by atoms with van der Waals surface area (Å²) in [6, 6.07) is 2.81. The zero-order valence-electron chi connectivity index (χ0n) is 10.1. The molecule has 0 saturated heterocycles. The SMILES string of the molecule is CC(O)CC(C)Nc1ncc(C#N)cc1[N+](=O)[O-]. The van der Waals surface area contributed by atoms with E-state index in [9.17, 15) is 15.2 Å². The molecule has 1 aromatic rings. The molecule has 96 valence electrons. The van der Waals surface area contributed by atoms with Gasteiger partial charge in [0.15, 0.2) is 0 Å². The van der Waals surface area contributed by atoms with Gasteiger partial charge in [0.2, 0.25) is 5.82 Å². The molecule has 0 fully saturated rings. The van der Waals surface area contributed by atoms with Gasteiger partial charge in [-0.3, -0.25) is 10.1 Å². The molecular weight excluding hydrogens is 236 g/mol. The fourth-order valence-corrected chi connectivity index (χ4v) is 1.57. The highest BCUT2D eigenvalue weighted by molar-refractivity contribution is 5.58. The van der Waals surface area contributed by atoms with E-state index in [-0.39, 0.29) is 23.1 Å². The molecule has 1 aromatic heterocycles. The average molecular weight is 250 g/mol. The number of anilines is 1. The van der Waals surface area contributed by atoms with Gasteiger partial charge in [0.1, 0.15) is 6.07 Å². The first-order valence-corrected chi connectivity index (χ1v) is 5.43. The van der Waals surface area contributed by atoms with Crippen LogP contribution in [-0.4, -0.2) is 27.2 Å². The van der Waals surface area contributed by atoms with Crippen LogP contribution in [0.5, 0.6) is 0 Å². The monoisotopic (exact) mass is 250 g/mol. The Morgan fingerprint density at radius 3 is 2.83 bits per heavy atom. The first-order valence-electron chi connectivity index (χ1n) is 5.43. The third-order valence-electron chi connectivity index (χ3n) is 2.27. The first kappa shape index (κ1) is 13.9. The number of hydrogen-bond donors (Lipinski definition) is 2. The molecule has 2 unspecified atom stereocenters. The number of nitriles is 1. The Morgan fingerprint density at radius 1 is 1.67 bits per heavy atom. The molecule has 0 spiro atoms. The summed E-state index contributed by atoms with van der Waals surface area (Å²) in [5, 5.41) is 31.6. The zero-order valence-corrected chi connectivity index (χ0v) is 10.1. The second kappa shape index (κ2) is 5.93. The molecule has 0 radical (unpaired) electrons. The minimum absolute atomic E-state index is 0.104. The van der Waals surface area contributed by atoms with Crippen molar-refractivity contribution in [3.05, 3.63) is 27.9 Å². The minimum atomic E-state index is -0.592. The van der Waals surface area contributed by atoms with E-state index in [1.807, 2.05) is 0 Å². The van der Waals surface area contributed by atoms with E-state index in [1.165, 1.54) is 12.3 Å². The molecule has 0 aliphatic rings. The molecule has 2 atom stereocenters. The molecule has 7 heteroatoms. The Balaban J connectivity index is 2.95. The lowest BCUT2D eigenvalue weighted by atomic mass is 10.1. The summed E-state index contributed by atoms with van der Waals surface area (Å²) < 4.78 is 0. The highest BCUT2D eigenvalue weighted by atomic mass is 16.6. The van der Waals surface area contributed by atoms with Gasteiger partial charge in [-0.15, -0.1) is 0 Å². The lowest BCUT2D eigenvalue weighted by molar-refractivity contribution is -0.384. The summed E-state index contributed by atoms with van der Waals surface area (Å²) in [7, 11) is 0. The van der Waals surface area contributed by atoms with E-state index in [1.54, 1.807) is 19.9 Å². The molecule has 0 aliphatic heterocycles. The summed E-state index contributed by atoms with van der Waals surface area (Å²) in [5.74, 6) is 0.104. The van der Waals surface area contributed by atoms with E-state index in [0.717, 1.165) is 0 Å². The van der Waals surface area contributed by atoms with Crippen molar-refractivity contribution >= 4 is 11.5 Å². The van der Waals surface area contributed by atoms with Crippen molar-refractivity contribution in [3.8, 4) is 6.07 Å². The maximum Gasteiger partial charge on any atom is 0.312 e. The Labute approximate surface area is 104 Å². The van der Waals surface area contributed by atoms with Crippen LogP contribution in [0.15, 0.2) is 12.3 Å². The van der Waals surface area contributed by atoms with Crippen LogP contribution in [-0.2, 0) is 0 Å². The normalized spacial score (nSPS) is 13.4. The average Bonchev–Trinajstić information content (AvgIpc) is 2.28. The van der Waals surface area contributed by atoms with Gasteiger partial charge in [0.05, 0.1) is 16.6 Å². The van der Waals surface area contributed by atoms with Crippen molar-refractivity contribution in [1.29, 1.82) is 5.26 Å². The fraction of sp³-hybridized carbons (Fsp3) is 0.455. The summed E-state index contributed by atoms with van der Waals surface area (Å²) in [6.07, 6.45) is 1.20. The Bertz CT molecular complexity index is 482. The van der Waals surface area contributed by atoms with Crippen LogP contribution in [0.3, 0.4) is 0 Å². The largest absolute Gasteiger partial charge is 0.393 e. The second-order valence-electron chi connectivity index (χ2n) is 4.09. The summed E-state index contributed by atoms with van der Waals surface area (Å²) in [6.45, 7) is 3.43. The smallest absolute Gasteiger partial charge is 0.312 e. The lowest BCUT2D eigenvalue weighted by Gasteiger charge is -2.15. The zero-order chi connectivity index (χ0) is 13.7. The van der Waals surface area contributed by atoms with E-state index < -0.39 is 11.0 Å². The lowest BCUT2D eigenvalue weighted by Crippen LogP contribution is -2.21. The van der Waals surface area contributed by atoms with Crippen molar-refractivity contribution in [3.63, 3.8) is 0 Å². The van der Waals surface area contributed by atoms with Crippen LogP contribution >= 0.6 is 0 Å². The summed E-state index contributed by atoms with van der Waals surface area (Å²) in [5.41, 5.74) is -0.109. The highest BCUT2D eigenvalue weighted by Crippen LogP contribution is 2.23. The molecule has 1 rings (SSSR count). The number of nitrogens with one attached hydrogen (secondary N) is 1. The maximum absolute atomic E-state index is 10.9. The van der Waals surface area contributed by atoms with E-state index in [0.29, 0.717) is 6.42 Å². The number of nitro groups is 1. The van der Waals surface area contributed by atoms with Gasteiger partial charge in [0, 0.05) is 18.3 Å². The number of aromatic nitrogens is 1. The molecule has 0 saturated carbocycles. The van der Waals surface area contributed by atoms with Crippen molar-refractivity contribution < 1.29 is 10.0 Å². The van der Waals surface area contributed by atoms with Gasteiger partial charge in [-0.05, 0) is 20.3 Å². The highest BCUT2D eigenvalue weighted by Gasteiger charge is 2.18. The number of aliphatic hydroxyl groups excluding tert-OH is 1.